The quantitative estimate of drug-likeness (QED) is 0.873. The van der Waals surface area contributed by atoms with E-state index in [0.29, 0.717) is 23.7 Å². The fourth-order valence-corrected chi connectivity index (χ4v) is 4.04. The van der Waals surface area contributed by atoms with Gasteiger partial charge in [-0.25, -0.2) is 8.42 Å². The highest BCUT2D eigenvalue weighted by molar-refractivity contribution is 7.92. The molecule has 3 rings (SSSR count). The number of hydrogen-bond donors (Lipinski definition) is 1. The Kier molecular flexibility index (Phi) is 5.18. The van der Waals surface area contributed by atoms with Crippen molar-refractivity contribution in [2.75, 3.05) is 29.0 Å². The van der Waals surface area contributed by atoms with Gasteiger partial charge in [0.2, 0.25) is 10.0 Å². The first kappa shape index (κ1) is 18.3. The van der Waals surface area contributed by atoms with Crippen LogP contribution in [0, 0.1) is 6.92 Å². The number of sulfonamides is 1. The lowest BCUT2D eigenvalue weighted by Gasteiger charge is -2.29. The maximum absolute atomic E-state index is 12.1. The number of nitrogens with one attached hydrogen (secondary N) is 1. The van der Waals surface area contributed by atoms with Gasteiger partial charge in [0.25, 0.3) is 5.91 Å². The summed E-state index contributed by atoms with van der Waals surface area (Å²) in [5.41, 5.74) is 3.21. The molecule has 0 bridgehead atoms. The maximum Gasteiger partial charge on any atom is 0.262 e. The molecule has 2 aromatic carbocycles. The first-order chi connectivity index (χ1) is 12.3. The molecule has 138 valence electrons. The lowest BCUT2D eigenvalue weighted by atomic mass is 10.0. The zero-order valence-corrected chi connectivity index (χ0v) is 15.7. The van der Waals surface area contributed by atoms with E-state index in [-0.39, 0.29) is 12.5 Å². The predicted octanol–water partition coefficient (Wildman–Crippen LogP) is 2.72. The van der Waals surface area contributed by atoms with E-state index in [0.717, 1.165) is 24.0 Å². The second-order valence-corrected chi connectivity index (χ2v) is 8.29. The summed E-state index contributed by atoms with van der Waals surface area (Å²) in [6.07, 6.45) is 2.75. The molecule has 0 saturated heterocycles. The number of benzene rings is 2. The Morgan fingerprint density at radius 1 is 1.23 bits per heavy atom. The number of aryl methyl sites for hydroxylation is 2. The second-order valence-electron chi connectivity index (χ2n) is 6.38. The zero-order chi connectivity index (χ0) is 18.7. The predicted molar refractivity (Wildman–Crippen MR) is 102 cm³/mol. The number of rotatable bonds is 5. The zero-order valence-electron chi connectivity index (χ0n) is 14.9. The number of para-hydroxylation sites is 1. The van der Waals surface area contributed by atoms with E-state index < -0.39 is 10.0 Å². The Hall–Kier alpha value is -2.54. The lowest BCUT2D eigenvalue weighted by molar-refractivity contribution is -0.118. The summed E-state index contributed by atoms with van der Waals surface area (Å²) in [6.45, 7) is 2.32. The standard InChI is InChI=1S/C19H22N2O4S/c1-14-6-3-4-8-18(14)25-13-19(22)20-16-9-10-17-15(12-16)7-5-11-21(17)26(2,23)24/h3-4,6,8-10,12H,5,7,11,13H2,1-2H3,(H,20,22). The highest BCUT2D eigenvalue weighted by Gasteiger charge is 2.24. The van der Waals surface area contributed by atoms with Crippen molar-refractivity contribution >= 4 is 27.3 Å². The molecular formula is C19H22N2O4S. The molecule has 1 N–H and O–H groups in total. The van der Waals surface area contributed by atoms with E-state index in [4.69, 9.17) is 4.74 Å². The number of amides is 1. The Morgan fingerprint density at radius 3 is 2.73 bits per heavy atom. The van der Waals surface area contributed by atoms with Gasteiger partial charge in [-0.2, -0.15) is 0 Å². The van der Waals surface area contributed by atoms with Crippen LogP contribution in [0.5, 0.6) is 5.75 Å². The molecule has 0 aliphatic carbocycles. The number of ether oxygens (including phenoxy) is 1. The van der Waals surface area contributed by atoms with Crippen molar-refractivity contribution in [3.63, 3.8) is 0 Å². The molecule has 1 aliphatic heterocycles. The minimum atomic E-state index is -3.29. The topological polar surface area (TPSA) is 75.7 Å². The van der Waals surface area contributed by atoms with Crippen molar-refractivity contribution in [2.24, 2.45) is 0 Å². The fourth-order valence-electron chi connectivity index (χ4n) is 3.04. The third-order valence-electron chi connectivity index (χ3n) is 4.29. The first-order valence-corrected chi connectivity index (χ1v) is 10.3. The Labute approximate surface area is 153 Å². The van der Waals surface area contributed by atoms with Crippen LogP contribution >= 0.6 is 0 Å². The van der Waals surface area contributed by atoms with Crippen molar-refractivity contribution < 1.29 is 17.9 Å². The number of carbonyl (C=O) groups is 1. The largest absolute Gasteiger partial charge is 0.483 e. The van der Waals surface area contributed by atoms with Gasteiger partial charge in [-0.05, 0) is 55.2 Å². The number of hydrogen-bond acceptors (Lipinski definition) is 4. The van der Waals surface area contributed by atoms with Gasteiger partial charge in [-0.15, -0.1) is 0 Å². The van der Waals surface area contributed by atoms with Crippen LogP contribution in [0.15, 0.2) is 42.5 Å². The van der Waals surface area contributed by atoms with E-state index in [1.165, 1.54) is 10.6 Å². The average molecular weight is 374 g/mol. The summed E-state index contributed by atoms with van der Waals surface area (Å²) < 4.78 is 30.8. The minimum Gasteiger partial charge on any atom is -0.483 e. The molecule has 0 fully saturated rings. The molecule has 0 atom stereocenters. The Morgan fingerprint density at radius 2 is 2.00 bits per heavy atom. The number of nitrogens with zero attached hydrogens (tertiary/aromatic N) is 1. The van der Waals surface area contributed by atoms with Gasteiger partial charge >= 0.3 is 0 Å². The van der Waals surface area contributed by atoms with E-state index >= 15 is 0 Å². The number of anilines is 2. The fraction of sp³-hybridized carbons (Fsp3) is 0.316. The SMILES string of the molecule is Cc1ccccc1OCC(=O)Nc1ccc2c(c1)CCCN2S(C)(=O)=O. The molecule has 0 radical (unpaired) electrons. The van der Waals surface area contributed by atoms with Crippen LogP contribution in [0.25, 0.3) is 0 Å². The molecule has 0 aromatic heterocycles. The molecule has 6 nitrogen and oxygen atoms in total. The van der Waals surface area contributed by atoms with Gasteiger partial charge in [0.05, 0.1) is 11.9 Å². The average Bonchev–Trinajstić information content (AvgIpc) is 2.59. The Balaban J connectivity index is 1.67. The van der Waals surface area contributed by atoms with Gasteiger partial charge in [-0.3, -0.25) is 9.10 Å². The van der Waals surface area contributed by atoms with Crippen molar-refractivity contribution in [1.29, 1.82) is 0 Å². The molecule has 7 heteroatoms. The molecule has 0 spiro atoms. The van der Waals surface area contributed by atoms with Crippen LogP contribution in [0.4, 0.5) is 11.4 Å². The van der Waals surface area contributed by atoms with Crippen molar-refractivity contribution in [3.05, 3.63) is 53.6 Å². The van der Waals surface area contributed by atoms with E-state index in [9.17, 15) is 13.2 Å². The van der Waals surface area contributed by atoms with Crippen LogP contribution in [-0.4, -0.2) is 33.7 Å². The molecule has 1 heterocycles. The van der Waals surface area contributed by atoms with Gasteiger partial charge in [0, 0.05) is 12.2 Å². The van der Waals surface area contributed by atoms with Gasteiger partial charge < -0.3 is 10.1 Å². The van der Waals surface area contributed by atoms with E-state index in [2.05, 4.69) is 5.32 Å². The van der Waals surface area contributed by atoms with E-state index in [1.807, 2.05) is 37.3 Å². The molecule has 1 aliphatic rings. The highest BCUT2D eigenvalue weighted by Crippen LogP contribution is 2.31. The molecule has 0 saturated carbocycles. The third kappa shape index (κ3) is 4.16. The molecule has 0 unspecified atom stereocenters. The number of carbonyl (C=O) groups excluding carboxylic acids is 1. The van der Waals surface area contributed by atoms with Crippen LogP contribution in [0.1, 0.15) is 17.5 Å². The Bertz CT molecular complexity index is 925. The molecule has 26 heavy (non-hydrogen) atoms. The maximum atomic E-state index is 12.1. The normalized spacial score (nSPS) is 13.8. The van der Waals surface area contributed by atoms with Crippen LogP contribution in [-0.2, 0) is 21.2 Å². The molecule has 2 aromatic rings. The summed E-state index contributed by atoms with van der Waals surface area (Å²) in [6, 6.07) is 12.8. The van der Waals surface area contributed by atoms with Gasteiger partial charge in [0.15, 0.2) is 6.61 Å². The molecule has 1 amide bonds. The van der Waals surface area contributed by atoms with Crippen molar-refractivity contribution in [1.82, 2.24) is 0 Å². The summed E-state index contributed by atoms with van der Waals surface area (Å²) in [7, 11) is -3.29. The second kappa shape index (κ2) is 7.37. The first-order valence-electron chi connectivity index (χ1n) is 8.43. The van der Waals surface area contributed by atoms with Crippen LogP contribution in [0.2, 0.25) is 0 Å². The number of fused-ring (bicyclic) bond motifs is 1. The monoisotopic (exact) mass is 374 g/mol. The smallest absolute Gasteiger partial charge is 0.262 e. The molecular weight excluding hydrogens is 352 g/mol. The van der Waals surface area contributed by atoms with Crippen molar-refractivity contribution in [2.45, 2.75) is 19.8 Å². The van der Waals surface area contributed by atoms with Gasteiger partial charge in [0.1, 0.15) is 5.75 Å². The third-order valence-corrected chi connectivity index (χ3v) is 5.47. The van der Waals surface area contributed by atoms with E-state index in [1.54, 1.807) is 12.1 Å². The van der Waals surface area contributed by atoms with Crippen LogP contribution in [0.3, 0.4) is 0 Å². The summed E-state index contributed by atoms with van der Waals surface area (Å²) in [4.78, 5) is 12.1. The summed E-state index contributed by atoms with van der Waals surface area (Å²) >= 11 is 0. The van der Waals surface area contributed by atoms with Gasteiger partial charge in [-0.1, -0.05) is 18.2 Å². The summed E-state index contributed by atoms with van der Waals surface area (Å²) in [5, 5.41) is 2.80. The van der Waals surface area contributed by atoms with Crippen molar-refractivity contribution in [3.8, 4) is 5.75 Å². The summed E-state index contributed by atoms with van der Waals surface area (Å²) in [5.74, 6) is 0.417. The minimum absolute atomic E-state index is 0.0859. The highest BCUT2D eigenvalue weighted by atomic mass is 32.2. The lowest BCUT2D eigenvalue weighted by Crippen LogP contribution is -2.34. The van der Waals surface area contributed by atoms with Crippen LogP contribution < -0.4 is 14.4 Å².